The fourth-order valence-corrected chi connectivity index (χ4v) is 2.70. The lowest BCUT2D eigenvalue weighted by Crippen LogP contribution is -2.35. The first-order chi connectivity index (χ1) is 8.46. The van der Waals surface area contributed by atoms with Crippen LogP contribution in [0.1, 0.15) is 33.1 Å². The molecule has 0 aromatic heterocycles. The van der Waals surface area contributed by atoms with Crippen molar-refractivity contribution in [3.63, 3.8) is 0 Å². The molecule has 3 N–H and O–H groups in total. The van der Waals surface area contributed by atoms with Gasteiger partial charge in [-0.3, -0.25) is 4.79 Å². The van der Waals surface area contributed by atoms with Crippen LogP contribution in [-0.4, -0.2) is 51.2 Å². The molecule has 0 heterocycles. The van der Waals surface area contributed by atoms with Gasteiger partial charge in [0.15, 0.2) is 0 Å². The van der Waals surface area contributed by atoms with Gasteiger partial charge in [-0.05, 0) is 33.2 Å². The van der Waals surface area contributed by atoms with Crippen LogP contribution in [0.3, 0.4) is 0 Å². The highest BCUT2D eigenvalue weighted by Crippen LogP contribution is 1.96. The van der Waals surface area contributed by atoms with Crippen molar-refractivity contribution in [1.82, 2.24) is 9.62 Å². The molecule has 6 nitrogen and oxygen atoms in total. The molecular formula is C11H25N3O3S. The quantitative estimate of drug-likeness (QED) is 0.546. The minimum atomic E-state index is -3.26. The number of hydrogen-bond donors (Lipinski definition) is 2. The van der Waals surface area contributed by atoms with E-state index < -0.39 is 10.0 Å². The molecule has 7 heteroatoms. The maximum absolute atomic E-state index is 11.6. The lowest BCUT2D eigenvalue weighted by atomic mass is 10.3. The molecule has 0 radical (unpaired) electrons. The summed E-state index contributed by atoms with van der Waals surface area (Å²) in [5, 5.41) is 0. The van der Waals surface area contributed by atoms with Crippen molar-refractivity contribution in [2.24, 2.45) is 5.73 Å². The zero-order chi connectivity index (χ0) is 14.0. The second-order valence-corrected chi connectivity index (χ2v) is 5.95. The number of sulfonamides is 1. The van der Waals surface area contributed by atoms with Crippen molar-refractivity contribution in [3.05, 3.63) is 0 Å². The van der Waals surface area contributed by atoms with E-state index in [0.29, 0.717) is 32.5 Å². The van der Waals surface area contributed by atoms with Crippen molar-refractivity contribution in [1.29, 1.82) is 0 Å². The second-order valence-electron chi connectivity index (χ2n) is 4.03. The molecule has 18 heavy (non-hydrogen) atoms. The van der Waals surface area contributed by atoms with Gasteiger partial charge in [0.2, 0.25) is 15.9 Å². The van der Waals surface area contributed by atoms with E-state index in [4.69, 9.17) is 5.73 Å². The molecular weight excluding hydrogens is 254 g/mol. The number of hydrogen-bond acceptors (Lipinski definition) is 4. The lowest BCUT2D eigenvalue weighted by Gasteiger charge is -2.18. The monoisotopic (exact) mass is 279 g/mol. The molecule has 0 bridgehead atoms. The predicted molar refractivity (Wildman–Crippen MR) is 72.6 cm³/mol. The third kappa shape index (κ3) is 7.62. The maximum Gasteiger partial charge on any atom is 0.223 e. The molecule has 0 aromatic rings. The summed E-state index contributed by atoms with van der Waals surface area (Å²) >= 11 is 0. The zero-order valence-corrected chi connectivity index (χ0v) is 12.1. The fraction of sp³-hybridized carbons (Fsp3) is 0.909. The summed E-state index contributed by atoms with van der Waals surface area (Å²) in [6.07, 6.45) is 1.45. The van der Waals surface area contributed by atoms with Crippen LogP contribution in [-0.2, 0) is 14.8 Å². The first-order valence-electron chi connectivity index (χ1n) is 6.42. The number of rotatable bonds is 10. The van der Waals surface area contributed by atoms with E-state index in [1.165, 1.54) is 0 Å². The van der Waals surface area contributed by atoms with E-state index in [2.05, 4.69) is 4.72 Å². The minimum Gasteiger partial charge on any atom is -0.343 e. The average Bonchev–Trinajstić information content (AvgIpc) is 2.30. The molecule has 0 aliphatic rings. The Morgan fingerprint density at radius 2 is 1.83 bits per heavy atom. The third-order valence-electron chi connectivity index (χ3n) is 2.64. The van der Waals surface area contributed by atoms with Crippen LogP contribution in [0.15, 0.2) is 0 Å². The lowest BCUT2D eigenvalue weighted by molar-refractivity contribution is -0.130. The Hall–Kier alpha value is -0.660. The van der Waals surface area contributed by atoms with Gasteiger partial charge in [0.25, 0.3) is 0 Å². The van der Waals surface area contributed by atoms with Crippen molar-refractivity contribution in [2.45, 2.75) is 33.1 Å². The molecule has 0 rings (SSSR count). The normalized spacial score (nSPS) is 11.5. The Morgan fingerprint density at radius 3 is 2.33 bits per heavy atom. The van der Waals surface area contributed by atoms with Crippen molar-refractivity contribution < 1.29 is 13.2 Å². The average molecular weight is 279 g/mol. The van der Waals surface area contributed by atoms with Crippen molar-refractivity contribution in [3.8, 4) is 0 Å². The number of nitrogens with two attached hydrogens (primary N) is 1. The number of amides is 1. The first kappa shape index (κ1) is 17.3. The SMILES string of the molecule is CCN(CC)C(=O)CCNS(=O)(=O)CCCCN. The molecule has 0 spiro atoms. The third-order valence-corrected chi connectivity index (χ3v) is 4.11. The Labute approximate surface area is 110 Å². The summed E-state index contributed by atoms with van der Waals surface area (Å²) < 4.78 is 25.5. The first-order valence-corrected chi connectivity index (χ1v) is 8.07. The van der Waals surface area contributed by atoms with E-state index in [0.717, 1.165) is 0 Å². The van der Waals surface area contributed by atoms with Gasteiger partial charge in [-0.2, -0.15) is 0 Å². The number of nitrogens with one attached hydrogen (secondary N) is 1. The summed E-state index contributed by atoms with van der Waals surface area (Å²) in [4.78, 5) is 13.3. The van der Waals surface area contributed by atoms with Crippen LogP contribution in [0.2, 0.25) is 0 Å². The molecule has 0 saturated carbocycles. The molecule has 108 valence electrons. The molecule has 0 atom stereocenters. The smallest absolute Gasteiger partial charge is 0.223 e. The van der Waals surface area contributed by atoms with Crippen LogP contribution < -0.4 is 10.5 Å². The van der Waals surface area contributed by atoms with Crippen LogP contribution in [0.4, 0.5) is 0 Å². The van der Waals surface area contributed by atoms with Gasteiger partial charge >= 0.3 is 0 Å². The van der Waals surface area contributed by atoms with Crippen LogP contribution in [0.5, 0.6) is 0 Å². The summed E-state index contributed by atoms with van der Waals surface area (Å²) in [6, 6.07) is 0. The maximum atomic E-state index is 11.6. The molecule has 0 saturated heterocycles. The summed E-state index contributed by atoms with van der Waals surface area (Å²) in [7, 11) is -3.26. The highest BCUT2D eigenvalue weighted by Gasteiger charge is 2.12. The standard InChI is InChI=1S/C11H25N3O3S/c1-3-14(4-2)11(15)7-9-13-18(16,17)10-6-5-8-12/h13H,3-10,12H2,1-2H3. The van der Waals surface area contributed by atoms with Crippen molar-refractivity contribution >= 4 is 15.9 Å². The van der Waals surface area contributed by atoms with Crippen LogP contribution in [0.25, 0.3) is 0 Å². The van der Waals surface area contributed by atoms with Gasteiger partial charge in [-0.1, -0.05) is 0 Å². The molecule has 0 aliphatic heterocycles. The van der Waals surface area contributed by atoms with Crippen LogP contribution in [0, 0.1) is 0 Å². The molecule has 1 amide bonds. The van der Waals surface area contributed by atoms with E-state index in [1.807, 2.05) is 13.8 Å². The van der Waals surface area contributed by atoms with E-state index in [-0.39, 0.29) is 24.6 Å². The summed E-state index contributed by atoms with van der Waals surface area (Å²) in [5.74, 6) is 0.0496. The Balaban J connectivity index is 3.92. The summed E-state index contributed by atoms with van der Waals surface area (Å²) in [5.41, 5.74) is 5.30. The van der Waals surface area contributed by atoms with E-state index in [9.17, 15) is 13.2 Å². The second kappa shape index (κ2) is 9.29. The number of carbonyl (C=O) groups is 1. The zero-order valence-electron chi connectivity index (χ0n) is 11.3. The fourth-order valence-electron chi connectivity index (χ4n) is 1.56. The largest absolute Gasteiger partial charge is 0.343 e. The van der Waals surface area contributed by atoms with Crippen LogP contribution >= 0.6 is 0 Å². The van der Waals surface area contributed by atoms with Gasteiger partial charge < -0.3 is 10.6 Å². The Bertz CT molecular complexity index is 326. The number of nitrogens with zero attached hydrogens (tertiary/aromatic N) is 1. The number of unbranched alkanes of at least 4 members (excludes halogenated alkanes) is 1. The Morgan fingerprint density at radius 1 is 1.22 bits per heavy atom. The predicted octanol–water partition coefficient (Wildman–Crippen LogP) is -0.0968. The van der Waals surface area contributed by atoms with E-state index in [1.54, 1.807) is 4.90 Å². The van der Waals surface area contributed by atoms with Gasteiger partial charge in [0.1, 0.15) is 0 Å². The molecule has 0 aliphatic carbocycles. The van der Waals surface area contributed by atoms with Crippen molar-refractivity contribution in [2.75, 3.05) is 31.9 Å². The molecule has 0 unspecified atom stereocenters. The highest BCUT2D eigenvalue weighted by molar-refractivity contribution is 7.89. The summed E-state index contributed by atoms with van der Waals surface area (Å²) in [6.45, 7) is 5.77. The molecule has 0 aromatic carbocycles. The number of carbonyl (C=O) groups excluding carboxylic acids is 1. The minimum absolute atomic E-state index is 0.0235. The van der Waals surface area contributed by atoms with Gasteiger partial charge in [-0.25, -0.2) is 13.1 Å². The van der Waals surface area contributed by atoms with E-state index >= 15 is 0 Å². The molecule has 0 fully saturated rings. The van der Waals surface area contributed by atoms with Gasteiger partial charge in [0, 0.05) is 26.1 Å². The van der Waals surface area contributed by atoms with Gasteiger partial charge in [0.05, 0.1) is 5.75 Å². The Kier molecular flexibility index (Phi) is 8.95. The topological polar surface area (TPSA) is 92.5 Å². The van der Waals surface area contributed by atoms with Gasteiger partial charge in [-0.15, -0.1) is 0 Å². The highest BCUT2D eigenvalue weighted by atomic mass is 32.2.